The van der Waals surface area contributed by atoms with Crippen molar-refractivity contribution in [1.29, 1.82) is 0 Å². The van der Waals surface area contributed by atoms with Crippen LogP contribution in [0.25, 0.3) is 16.9 Å². The Kier molecular flexibility index (Phi) is 4.40. The number of nitrogens with zero attached hydrogens (tertiary/aromatic N) is 3. The van der Waals surface area contributed by atoms with Crippen molar-refractivity contribution in [3.63, 3.8) is 0 Å². The average molecular weight is 402 g/mol. The SMILES string of the molecule is CC(C)(C)C(=O)Nc1cc(-c2cn3nc(C4CC4)ccc3n2)ccc1C(F)(F)F. The van der Waals surface area contributed by atoms with Gasteiger partial charge in [0.1, 0.15) is 0 Å². The van der Waals surface area contributed by atoms with Crippen LogP contribution in [0.1, 0.15) is 50.8 Å². The first kappa shape index (κ1) is 19.4. The molecule has 3 aromatic rings. The standard InChI is InChI=1S/C21H21F3N4O/c1-20(2,3)19(29)26-16-10-13(6-7-14(16)21(22,23)24)17-11-28-18(25-17)9-8-15(27-28)12-4-5-12/h6-12H,4-5H2,1-3H3,(H,26,29). The van der Waals surface area contributed by atoms with Gasteiger partial charge in [0.2, 0.25) is 5.91 Å². The zero-order valence-corrected chi connectivity index (χ0v) is 16.3. The zero-order chi connectivity index (χ0) is 21.0. The van der Waals surface area contributed by atoms with Crippen molar-refractivity contribution in [3.05, 3.63) is 47.8 Å². The average Bonchev–Trinajstić information content (AvgIpc) is 3.38. The molecule has 4 rings (SSSR count). The van der Waals surface area contributed by atoms with E-state index >= 15 is 0 Å². The molecule has 1 aromatic carbocycles. The fraction of sp³-hybridized carbons (Fsp3) is 0.381. The van der Waals surface area contributed by atoms with Crippen molar-refractivity contribution in [2.24, 2.45) is 5.41 Å². The minimum Gasteiger partial charge on any atom is -0.325 e. The lowest BCUT2D eigenvalue weighted by Gasteiger charge is -2.20. The molecule has 0 bridgehead atoms. The van der Waals surface area contributed by atoms with Crippen LogP contribution in [-0.2, 0) is 11.0 Å². The van der Waals surface area contributed by atoms with Gasteiger partial charge in [-0.15, -0.1) is 0 Å². The Morgan fingerprint density at radius 1 is 1.14 bits per heavy atom. The van der Waals surface area contributed by atoms with Gasteiger partial charge in [-0.3, -0.25) is 4.79 Å². The van der Waals surface area contributed by atoms with Crippen LogP contribution < -0.4 is 5.32 Å². The smallest absolute Gasteiger partial charge is 0.325 e. The number of hydrogen-bond acceptors (Lipinski definition) is 3. The quantitative estimate of drug-likeness (QED) is 0.649. The molecule has 1 saturated carbocycles. The van der Waals surface area contributed by atoms with Crippen molar-refractivity contribution in [2.75, 3.05) is 5.32 Å². The van der Waals surface area contributed by atoms with Crippen LogP contribution in [0.5, 0.6) is 0 Å². The molecule has 0 atom stereocenters. The number of amides is 1. The van der Waals surface area contributed by atoms with E-state index in [1.54, 1.807) is 31.5 Å². The van der Waals surface area contributed by atoms with Crippen LogP contribution in [0.4, 0.5) is 18.9 Å². The van der Waals surface area contributed by atoms with E-state index in [0.717, 1.165) is 24.6 Å². The van der Waals surface area contributed by atoms with E-state index in [9.17, 15) is 18.0 Å². The number of benzene rings is 1. The fourth-order valence-electron chi connectivity index (χ4n) is 3.00. The summed E-state index contributed by atoms with van der Waals surface area (Å²) in [6, 6.07) is 7.44. The van der Waals surface area contributed by atoms with Crippen LogP contribution in [0, 0.1) is 5.41 Å². The lowest BCUT2D eigenvalue weighted by atomic mass is 9.95. The highest BCUT2D eigenvalue weighted by Gasteiger charge is 2.35. The molecular formula is C21H21F3N4O. The molecule has 0 unspecified atom stereocenters. The Bertz CT molecular complexity index is 1090. The number of halogens is 3. The van der Waals surface area contributed by atoms with Crippen molar-refractivity contribution in [2.45, 2.75) is 45.7 Å². The summed E-state index contributed by atoms with van der Waals surface area (Å²) in [6.07, 6.45) is -0.649. The Morgan fingerprint density at radius 2 is 1.86 bits per heavy atom. The maximum absolute atomic E-state index is 13.4. The summed E-state index contributed by atoms with van der Waals surface area (Å²) in [6.45, 7) is 4.93. The number of carbonyl (C=O) groups excluding carboxylic acids is 1. The summed E-state index contributed by atoms with van der Waals surface area (Å²) in [5.74, 6) is -0.0126. The van der Waals surface area contributed by atoms with Crippen molar-refractivity contribution >= 4 is 17.2 Å². The summed E-state index contributed by atoms with van der Waals surface area (Å²) in [5, 5.41) is 6.97. The molecule has 1 aliphatic rings. The molecule has 152 valence electrons. The van der Waals surface area contributed by atoms with Gasteiger partial charge in [0, 0.05) is 16.9 Å². The minimum absolute atomic E-state index is 0.279. The lowest BCUT2D eigenvalue weighted by Crippen LogP contribution is -2.28. The van der Waals surface area contributed by atoms with Gasteiger partial charge < -0.3 is 5.32 Å². The second kappa shape index (κ2) is 6.57. The Morgan fingerprint density at radius 3 is 2.48 bits per heavy atom. The summed E-state index contributed by atoms with van der Waals surface area (Å²) in [7, 11) is 0. The number of alkyl halides is 3. The van der Waals surface area contributed by atoms with E-state index in [1.165, 1.54) is 12.1 Å². The highest BCUT2D eigenvalue weighted by atomic mass is 19.4. The molecule has 1 amide bonds. The molecule has 0 spiro atoms. The summed E-state index contributed by atoms with van der Waals surface area (Å²) in [4.78, 5) is 16.8. The summed E-state index contributed by atoms with van der Waals surface area (Å²) in [5.41, 5.74) is 0.573. The van der Waals surface area contributed by atoms with Crippen LogP contribution >= 0.6 is 0 Å². The Balaban J connectivity index is 1.74. The van der Waals surface area contributed by atoms with Crippen LogP contribution in [0.15, 0.2) is 36.5 Å². The Hall–Kier alpha value is -2.90. The highest BCUT2D eigenvalue weighted by molar-refractivity contribution is 5.96. The van der Waals surface area contributed by atoms with Crippen LogP contribution in [0.2, 0.25) is 0 Å². The third kappa shape index (κ3) is 3.97. The molecule has 2 heterocycles. The maximum Gasteiger partial charge on any atom is 0.418 e. The number of anilines is 1. The molecule has 5 nitrogen and oxygen atoms in total. The fourth-order valence-corrected chi connectivity index (χ4v) is 3.00. The molecular weight excluding hydrogens is 381 g/mol. The van der Waals surface area contributed by atoms with Crippen LogP contribution in [0.3, 0.4) is 0 Å². The van der Waals surface area contributed by atoms with E-state index in [-0.39, 0.29) is 5.69 Å². The minimum atomic E-state index is -4.58. The molecule has 0 radical (unpaired) electrons. The van der Waals surface area contributed by atoms with Crippen LogP contribution in [-0.4, -0.2) is 20.5 Å². The molecule has 29 heavy (non-hydrogen) atoms. The van der Waals surface area contributed by atoms with Gasteiger partial charge in [0.25, 0.3) is 0 Å². The van der Waals surface area contributed by atoms with Crippen molar-refractivity contribution in [1.82, 2.24) is 14.6 Å². The van der Waals surface area contributed by atoms with Gasteiger partial charge in [0.15, 0.2) is 5.65 Å². The third-order valence-electron chi connectivity index (χ3n) is 4.89. The normalized spacial score (nSPS) is 15.0. The van der Waals surface area contributed by atoms with Crippen molar-refractivity contribution in [3.8, 4) is 11.3 Å². The van der Waals surface area contributed by atoms with Crippen molar-refractivity contribution < 1.29 is 18.0 Å². The second-order valence-electron chi connectivity index (χ2n) is 8.42. The summed E-state index contributed by atoms with van der Waals surface area (Å²) < 4.78 is 42.0. The predicted octanol–water partition coefficient (Wildman–Crippen LogP) is 5.28. The van der Waals surface area contributed by atoms with E-state index in [4.69, 9.17) is 0 Å². The number of imidazole rings is 1. The van der Waals surface area contributed by atoms with Gasteiger partial charge in [-0.2, -0.15) is 18.3 Å². The number of aromatic nitrogens is 3. The highest BCUT2D eigenvalue weighted by Crippen LogP contribution is 2.39. The number of carbonyl (C=O) groups is 1. The van der Waals surface area contributed by atoms with Gasteiger partial charge in [-0.1, -0.05) is 26.8 Å². The molecule has 1 aliphatic carbocycles. The summed E-state index contributed by atoms with van der Waals surface area (Å²) >= 11 is 0. The van der Waals surface area contributed by atoms with E-state index < -0.39 is 23.1 Å². The third-order valence-corrected chi connectivity index (χ3v) is 4.89. The molecule has 2 aromatic heterocycles. The Labute approximate surface area is 166 Å². The first-order valence-electron chi connectivity index (χ1n) is 9.42. The number of rotatable bonds is 3. The van der Waals surface area contributed by atoms with Gasteiger partial charge in [0.05, 0.1) is 28.8 Å². The van der Waals surface area contributed by atoms with Gasteiger partial charge in [-0.25, -0.2) is 9.50 Å². The van der Waals surface area contributed by atoms with E-state index in [0.29, 0.717) is 22.8 Å². The topological polar surface area (TPSA) is 59.3 Å². The molecule has 1 N–H and O–H groups in total. The van der Waals surface area contributed by atoms with Gasteiger partial charge in [-0.05, 0) is 37.1 Å². The number of nitrogens with one attached hydrogen (secondary N) is 1. The second-order valence-corrected chi connectivity index (χ2v) is 8.42. The largest absolute Gasteiger partial charge is 0.418 e. The predicted molar refractivity (Wildman–Crippen MR) is 103 cm³/mol. The number of fused-ring (bicyclic) bond motifs is 1. The molecule has 8 heteroatoms. The lowest BCUT2D eigenvalue weighted by molar-refractivity contribution is -0.137. The van der Waals surface area contributed by atoms with Gasteiger partial charge >= 0.3 is 6.18 Å². The zero-order valence-electron chi connectivity index (χ0n) is 16.3. The molecule has 0 saturated heterocycles. The molecule has 0 aliphatic heterocycles. The molecule has 1 fully saturated rings. The monoisotopic (exact) mass is 402 g/mol. The maximum atomic E-state index is 13.4. The first-order chi connectivity index (χ1) is 13.5. The van der Waals surface area contributed by atoms with E-state index in [1.807, 2.05) is 12.1 Å². The number of hydrogen-bond donors (Lipinski definition) is 1. The van der Waals surface area contributed by atoms with E-state index in [2.05, 4.69) is 15.4 Å². The first-order valence-corrected chi connectivity index (χ1v) is 9.42.